The van der Waals surface area contributed by atoms with Gasteiger partial charge in [-0.1, -0.05) is 23.9 Å². The van der Waals surface area contributed by atoms with Crippen LogP contribution in [0, 0.1) is 5.82 Å². The average molecular weight is 366 g/mol. The van der Waals surface area contributed by atoms with E-state index >= 15 is 0 Å². The lowest BCUT2D eigenvalue weighted by atomic mass is 10.1. The molecule has 25 heavy (non-hydrogen) atoms. The Morgan fingerprint density at radius 2 is 2.08 bits per heavy atom. The molecule has 136 valence electrons. The maximum absolute atomic E-state index is 13.0. The van der Waals surface area contributed by atoms with E-state index in [1.54, 1.807) is 25.6 Å². The zero-order valence-electron chi connectivity index (χ0n) is 14.6. The molecule has 6 nitrogen and oxygen atoms in total. The monoisotopic (exact) mass is 366 g/mol. The lowest BCUT2D eigenvalue weighted by Crippen LogP contribution is -2.33. The molecular weight excluding hydrogens is 343 g/mol. The Bertz CT molecular complexity index is 678. The topological polar surface area (TPSA) is 69.0 Å². The first-order valence-electron chi connectivity index (χ1n) is 8.10. The first-order valence-corrected chi connectivity index (χ1v) is 8.98. The standard InChI is InChI=1S/C17H23FN4O2S/c1-12(14-5-7-15(18)8-6-14)20-16(23)13(2)25-17-21-19-11-22(17)9-4-10-24-3/h5-8,11-13H,4,9-10H2,1-3H3,(H,20,23). The second-order valence-electron chi connectivity index (χ2n) is 5.70. The summed E-state index contributed by atoms with van der Waals surface area (Å²) >= 11 is 1.36. The lowest BCUT2D eigenvalue weighted by molar-refractivity contribution is -0.120. The molecule has 0 radical (unpaired) electrons. The van der Waals surface area contributed by atoms with Gasteiger partial charge in [0.1, 0.15) is 12.1 Å². The number of ether oxygens (including phenoxy) is 1. The van der Waals surface area contributed by atoms with Gasteiger partial charge in [0.25, 0.3) is 0 Å². The van der Waals surface area contributed by atoms with Gasteiger partial charge in [-0.05, 0) is 38.0 Å². The molecule has 2 atom stereocenters. The normalized spacial score (nSPS) is 13.4. The molecule has 2 aromatic rings. The fraction of sp³-hybridized carbons (Fsp3) is 0.471. The molecule has 1 aromatic heterocycles. The summed E-state index contributed by atoms with van der Waals surface area (Å²) in [5.41, 5.74) is 0.856. The zero-order valence-corrected chi connectivity index (χ0v) is 15.4. The van der Waals surface area contributed by atoms with Crippen molar-refractivity contribution in [2.75, 3.05) is 13.7 Å². The zero-order chi connectivity index (χ0) is 18.2. The largest absolute Gasteiger partial charge is 0.385 e. The summed E-state index contributed by atoms with van der Waals surface area (Å²) in [6.07, 6.45) is 2.51. The van der Waals surface area contributed by atoms with Crippen molar-refractivity contribution >= 4 is 17.7 Å². The Morgan fingerprint density at radius 3 is 2.76 bits per heavy atom. The molecule has 2 unspecified atom stereocenters. The van der Waals surface area contributed by atoms with Gasteiger partial charge in [0.05, 0.1) is 11.3 Å². The van der Waals surface area contributed by atoms with Gasteiger partial charge in [-0.2, -0.15) is 0 Å². The number of thioether (sulfide) groups is 1. The molecule has 2 rings (SSSR count). The molecule has 0 aliphatic carbocycles. The molecule has 0 spiro atoms. The number of amides is 1. The third-order valence-electron chi connectivity index (χ3n) is 3.71. The van der Waals surface area contributed by atoms with Crippen LogP contribution in [0.15, 0.2) is 35.7 Å². The lowest BCUT2D eigenvalue weighted by Gasteiger charge is -2.17. The van der Waals surface area contributed by atoms with E-state index in [1.165, 1.54) is 23.9 Å². The molecule has 8 heteroatoms. The Labute approximate surface area is 151 Å². The minimum atomic E-state index is -0.326. The van der Waals surface area contributed by atoms with Crippen molar-refractivity contribution < 1.29 is 13.9 Å². The van der Waals surface area contributed by atoms with E-state index in [0.717, 1.165) is 18.5 Å². The number of carbonyl (C=O) groups is 1. The number of halogens is 1. The number of rotatable bonds is 9. The van der Waals surface area contributed by atoms with Gasteiger partial charge >= 0.3 is 0 Å². The van der Waals surface area contributed by atoms with Gasteiger partial charge in [0.2, 0.25) is 5.91 Å². The SMILES string of the molecule is COCCCn1cnnc1SC(C)C(=O)NC(C)c1ccc(F)cc1. The van der Waals surface area contributed by atoms with E-state index in [-0.39, 0.29) is 23.0 Å². The third kappa shape index (κ3) is 5.82. The molecule has 0 saturated carbocycles. The minimum Gasteiger partial charge on any atom is -0.385 e. The summed E-state index contributed by atoms with van der Waals surface area (Å²) in [6, 6.07) is 5.92. The van der Waals surface area contributed by atoms with E-state index in [4.69, 9.17) is 4.74 Å². The summed E-state index contributed by atoms with van der Waals surface area (Å²) in [5.74, 6) is -0.396. The van der Waals surface area contributed by atoms with Crippen molar-refractivity contribution in [2.24, 2.45) is 0 Å². The average Bonchev–Trinajstić information content (AvgIpc) is 3.02. The molecule has 0 fully saturated rings. The van der Waals surface area contributed by atoms with Crippen molar-refractivity contribution in [3.05, 3.63) is 42.0 Å². The Balaban J connectivity index is 1.90. The van der Waals surface area contributed by atoms with E-state index in [9.17, 15) is 9.18 Å². The van der Waals surface area contributed by atoms with Gasteiger partial charge in [0, 0.05) is 20.3 Å². The Hall–Kier alpha value is -1.93. The maximum atomic E-state index is 13.0. The first kappa shape index (κ1) is 19.4. The van der Waals surface area contributed by atoms with Crippen LogP contribution in [-0.4, -0.2) is 39.6 Å². The third-order valence-corrected chi connectivity index (χ3v) is 4.80. The minimum absolute atomic E-state index is 0.103. The number of benzene rings is 1. The van der Waals surface area contributed by atoms with Crippen LogP contribution in [-0.2, 0) is 16.1 Å². The number of carbonyl (C=O) groups excluding carboxylic acids is 1. The van der Waals surface area contributed by atoms with E-state index in [1.807, 2.05) is 18.4 Å². The Morgan fingerprint density at radius 1 is 1.36 bits per heavy atom. The molecule has 0 aliphatic heterocycles. The summed E-state index contributed by atoms with van der Waals surface area (Å²) < 4.78 is 19.9. The summed E-state index contributed by atoms with van der Waals surface area (Å²) in [6.45, 7) is 5.10. The number of hydrogen-bond acceptors (Lipinski definition) is 5. The van der Waals surface area contributed by atoms with Gasteiger partial charge in [-0.25, -0.2) is 4.39 Å². The number of aryl methyl sites for hydroxylation is 1. The number of nitrogens with one attached hydrogen (secondary N) is 1. The van der Waals surface area contributed by atoms with Crippen LogP contribution in [0.5, 0.6) is 0 Å². The highest BCUT2D eigenvalue weighted by atomic mass is 32.2. The molecule has 1 amide bonds. The van der Waals surface area contributed by atoms with E-state index in [0.29, 0.717) is 11.8 Å². The number of hydrogen-bond donors (Lipinski definition) is 1. The summed E-state index contributed by atoms with van der Waals surface area (Å²) in [7, 11) is 1.66. The second-order valence-corrected chi connectivity index (χ2v) is 7.00. The van der Waals surface area contributed by atoms with Crippen LogP contribution in [0.2, 0.25) is 0 Å². The highest BCUT2D eigenvalue weighted by molar-refractivity contribution is 8.00. The van der Waals surface area contributed by atoms with Crippen LogP contribution in [0.1, 0.15) is 31.9 Å². The fourth-order valence-electron chi connectivity index (χ4n) is 2.25. The first-order chi connectivity index (χ1) is 12.0. The van der Waals surface area contributed by atoms with E-state index in [2.05, 4.69) is 15.5 Å². The van der Waals surface area contributed by atoms with Crippen LogP contribution < -0.4 is 5.32 Å². The van der Waals surface area contributed by atoms with Gasteiger partial charge < -0.3 is 14.6 Å². The van der Waals surface area contributed by atoms with Crippen LogP contribution in [0.3, 0.4) is 0 Å². The van der Waals surface area contributed by atoms with Crippen LogP contribution >= 0.6 is 11.8 Å². The predicted octanol–water partition coefficient (Wildman–Crippen LogP) is 2.81. The highest BCUT2D eigenvalue weighted by Crippen LogP contribution is 2.22. The van der Waals surface area contributed by atoms with Gasteiger partial charge in [-0.15, -0.1) is 10.2 Å². The fourth-order valence-corrected chi connectivity index (χ4v) is 3.10. The molecule has 0 bridgehead atoms. The summed E-state index contributed by atoms with van der Waals surface area (Å²) in [4.78, 5) is 12.4. The van der Waals surface area contributed by atoms with Crippen molar-refractivity contribution in [1.29, 1.82) is 0 Å². The number of aromatic nitrogens is 3. The predicted molar refractivity (Wildman–Crippen MR) is 94.8 cm³/mol. The number of methoxy groups -OCH3 is 1. The summed E-state index contributed by atoms with van der Waals surface area (Å²) in [5, 5.41) is 11.3. The van der Waals surface area contributed by atoms with Gasteiger partial charge in [0.15, 0.2) is 5.16 Å². The van der Waals surface area contributed by atoms with Gasteiger partial charge in [-0.3, -0.25) is 4.79 Å². The van der Waals surface area contributed by atoms with Crippen molar-refractivity contribution in [3.63, 3.8) is 0 Å². The van der Waals surface area contributed by atoms with Crippen LogP contribution in [0.25, 0.3) is 0 Å². The maximum Gasteiger partial charge on any atom is 0.233 e. The van der Waals surface area contributed by atoms with Crippen molar-refractivity contribution in [2.45, 2.75) is 43.3 Å². The van der Waals surface area contributed by atoms with Crippen molar-refractivity contribution in [1.82, 2.24) is 20.1 Å². The smallest absolute Gasteiger partial charge is 0.233 e. The molecule has 0 aliphatic rings. The molecule has 1 heterocycles. The molecular formula is C17H23FN4O2S. The van der Waals surface area contributed by atoms with Crippen LogP contribution in [0.4, 0.5) is 4.39 Å². The van der Waals surface area contributed by atoms with E-state index < -0.39 is 0 Å². The molecule has 0 saturated heterocycles. The Kier molecular flexibility index (Phi) is 7.39. The second kappa shape index (κ2) is 9.53. The molecule has 1 N–H and O–H groups in total. The molecule has 1 aromatic carbocycles. The number of nitrogens with zero attached hydrogens (tertiary/aromatic N) is 3. The van der Waals surface area contributed by atoms with Crippen molar-refractivity contribution in [3.8, 4) is 0 Å². The highest BCUT2D eigenvalue weighted by Gasteiger charge is 2.20. The quantitative estimate of drug-likeness (QED) is 0.546.